The Kier molecular flexibility index (Phi) is 7.39. The first-order valence-corrected chi connectivity index (χ1v) is 10.5. The van der Waals surface area contributed by atoms with E-state index in [0.717, 1.165) is 11.3 Å². The zero-order valence-electron chi connectivity index (χ0n) is 18.6. The Hall–Kier alpha value is -3.22. The maximum atomic E-state index is 13.0. The fourth-order valence-corrected chi connectivity index (χ4v) is 3.85. The molecule has 1 N–H and O–H groups in total. The molecule has 1 atom stereocenters. The summed E-state index contributed by atoms with van der Waals surface area (Å²) < 4.78 is 10.6. The van der Waals surface area contributed by atoms with Gasteiger partial charge in [0.05, 0.1) is 26.7 Å². The Morgan fingerprint density at radius 1 is 1.03 bits per heavy atom. The lowest BCUT2D eigenvalue weighted by atomic mass is 9.99. The third-order valence-corrected chi connectivity index (χ3v) is 5.63. The number of carbonyl (C=O) groups excluding carboxylic acids is 2. The number of piperazine rings is 1. The number of amides is 3. The summed E-state index contributed by atoms with van der Waals surface area (Å²) in [6, 6.07) is 14.8. The summed E-state index contributed by atoms with van der Waals surface area (Å²) in [5.74, 6) is 1.51. The monoisotopic (exact) mass is 425 g/mol. The van der Waals surface area contributed by atoms with Gasteiger partial charge in [0.2, 0.25) is 5.91 Å². The minimum absolute atomic E-state index is 0.0426. The van der Waals surface area contributed by atoms with Crippen LogP contribution in [0.25, 0.3) is 0 Å². The van der Waals surface area contributed by atoms with Gasteiger partial charge in [-0.15, -0.1) is 0 Å². The molecule has 3 amide bonds. The molecule has 2 aromatic carbocycles. The van der Waals surface area contributed by atoms with Crippen molar-refractivity contribution in [2.24, 2.45) is 5.92 Å². The van der Waals surface area contributed by atoms with Crippen molar-refractivity contribution in [3.8, 4) is 11.5 Å². The number of urea groups is 1. The Bertz CT molecular complexity index is 901. The molecule has 0 aliphatic carbocycles. The van der Waals surface area contributed by atoms with Gasteiger partial charge in [0.15, 0.2) is 11.5 Å². The highest BCUT2D eigenvalue weighted by Crippen LogP contribution is 2.28. The number of nitrogens with one attached hydrogen (secondary N) is 1. The lowest BCUT2D eigenvalue weighted by Crippen LogP contribution is -2.59. The van der Waals surface area contributed by atoms with Crippen molar-refractivity contribution in [1.82, 2.24) is 9.80 Å². The van der Waals surface area contributed by atoms with Gasteiger partial charge in [-0.25, -0.2) is 4.79 Å². The van der Waals surface area contributed by atoms with E-state index in [1.807, 2.05) is 58.3 Å². The molecular weight excluding hydrogens is 394 g/mol. The van der Waals surface area contributed by atoms with Gasteiger partial charge < -0.3 is 24.6 Å². The van der Waals surface area contributed by atoms with Crippen molar-refractivity contribution >= 4 is 17.6 Å². The Labute approximate surface area is 183 Å². The van der Waals surface area contributed by atoms with E-state index in [4.69, 9.17) is 9.47 Å². The molecule has 1 aliphatic heterocycles. The molecule has 3 rings (SSSR count). The van der Waals surface area contributed by atoms with Gasteiger partial charge in [0.1, 0.15) is 0 Å². The molecule has 1 saturated heterocycles. The van der Waals surface area contributed by atoms with Crippen LogP contribution in [0.1, 0.15) is 19.4 Å². The van der Waals surface area contributed by atoms with E-state index >= 15 is 0 Å². The number of carbonyl (C=O) groups is 2. The maximum absolute atomic E-state index is 13.0. The molecule has 0 bridgehead atoms. The first-order chi connectivity index (χ1) is 14.9. The molecular formula is C24H31N3O4. The molecule has 0 aromatic heterocycles. The molecule has 1 fully saturated rings. The van der Waals surface area contributed by atoms with Gasteiger partial charge in [-0.05, 0) is 35.7 Å². The first kappa shape index (κ1) is 22.5. The van der Waals surface area contributed by atoms with E-state index in [1.165, 1.54) is 0 Å². The van der Waals surface area contributed by atoms with Crippen LogP contribution in [0.4, 0.5) is 10.5 Å². The normalized spacial score (nSPS) is 16.2. The van der Waals surface area contributed by atoms with Gasteiger partial charge in [-0.1, -0.05) is 38.1 Å². The number of ether oxygens (including phenoxy) is 2. The average Bonchev–Trinajstić information content (AvgIpc) is 2.79. The summed E-state index contributed by atoms with van der Waals surface area (Å²) in [4.78, 5) is 29.6. The van der Waals surface area contributed by atoms with Crippen LogP contribution >= 0.6 is 0 Å². The predicted octanol–water partition coefficient (Wildman–Crippen LogP) is 3.65. The molecule has 166 valence electrons. The summed E-state index contributed by atoms with van der Waals surface area (Å²) in [6.45, 7) is 5.69. The van der Waals surface area contributed by atoms with E-state index in [2.05, 4.69) is 19.2 Å². The fraction of sp³-hybridized carbons (Fsp3) is 0.417. The van der Waals surface area contributed by atoms with Crippen LogP contribution in [-0.2, 0) is 11.2 Å². The second kappa shape index (κ2) is 10.2. The highest BCUT2D eigenvalue weighted by molar-refractivity contribution is 5.90. The predicted molar refractivity (Wildman–Crippen MR) is 121 cm³/mol. The SMILES string of the molecule is COc1ccc(CC(=O)N2CCN(C(=O)Nc3ccccc3)C(C(C)C)C2)cc1OC. The highest BCUT2D eigenvalue weighted by Gasteiger charge is 2.34. The van der Waals surface area contributed by atoms with Crippen LogP contribution in [0.15, 0.2) is 48.5 Å². The Morgan fingerprint density at radius 3 is 2.39 bits per heavy atom. The van der Waals surface area contributed by atoms with Gasteiger partial charge >= 0.3 is 6.03 Å². The van der Waals surface area contributed by atoms with E-state index in [0.29, 0.717) is 31.1 Å². The van der Waals surface area contributed by atoms with Crippen molar-refractivity contribution in [3.63, 3.8) is 0 Å². The topological polar surface area (TPSA) is 71.1 Å². The minimum Gasteiger partial charge on any atom is -0.493 e. The molecule has 1 unspecified atom stereocenters. The Morgan fingerprint density at radius 2 is 1.74 bits per heavy atom. The van der Waals surface area contributed by atoms with Gasteiger partial charge in [-0.2, -0.15) is 0 Å². The van der Waals surface area contributed by atoms with Crippen LogP contribution in [-0.4, -0.2) is 61.6 Å². The van der Waals surface area contributed by atoms with Crippen LogP contribution in [0.2, 0.25) is 0 Å². The van der Waals surface area contributed by atoms with E-state index in [-0.39, 0.29) is 30.3 Å². The summed E-state index contributed by atoms with van der Waals surface area (Å²) in [7, 11) is 3.17. The largest absolute Gasteiger partial charge is 0.493 e. The average molecular weight is 426 g/mol. The smallest absolute Gasteiger partial charge is 0.322 e. The van der Waals surface area contributed by atoms with Crippen molar-refractivity contribution in [1.29, 1.82) is 0 Å². The standard InChI is InChI=1S/C24H31N3O4/c1-17(2)20-16-26(12-13-27(20)24(29)25-19-8-6-5-7-9-19)23(28)15-18-10-11-21(30-3)22(14-18)31-4/h5-11,14,17,20H,12-13,15-16H2,1-4H3,(H,25,29). The number of methoxy groups -OCH3 is 2. The Balaban J connectivity index is 1.65. The van der Waals surface area contributed by atoms with Crippen molar-refractivity contribution < 1.29 is 19.1 Å². The third kappa shape index (κ3) is 5.48. The number of para-hydroxylation sites is 1. The van der Waals surface area contributed by atoms with E-state index in [9.17, 15) is 9.59 Å². The molecule has 0 spiro atoms. The molecule has 31 heavy (non-hydrogen) atoms. The maximum Gasteiger partial charge on any atom is 0.322 e. The van der Waals surface area contributed by atoms with Crippen LogP contribution in [0, 0.1) is 5.92 Å². The van der Waals surface area contributed by atoms with Crippen LogP contribution < -0.4 is 14.8 Å². The van der Waals surface area contributed by atoms with Gasteiger partial charge in [-0.3, -0.25) is 4.79 Å². The van der Waals surface area contributed by atoms with E-state index in [1.54, 1.807) is 14.2 Å². The summed E-state index contributed by atoms with van der Waals surface area (Å²) >= 11 is 0. The minimum atomic E-state index is -0.128. The molecule has 1 heterocycles. The van der Waals surface area contributed by atoms with Gasteiger partial charge in [0.25, 0.3) is 0 Å². The number of rotatable bonds is 6. The molecule has 7 heteroatoms. The number of anilines is 1. The lowest BCUT2D eigenvalue weighted by Gasteiger charge is -2.43. The summed E-state index contributed by atoms with van der Waals surface area (Å²) in [5, 5.41) is 2.96. The first-order valence-electron chi connectivity index (χ1n) is 10.5. The molecule has 0 radical (unpaired) electrons. The van der Waals surface area contributed by atoms with Crippen molar-refractivity contribution in [2.45, 2.75) is 26.3 Å². The molecule has 7 nitrogen and oxygen atoms in total. The van der Waals surface area contributed by atoms with Gasteiger partial charge in [0, 0.05) is 25.3 Å². The summed E-state index contributed by atoms with van der Waals surface area (Å²) in [5.41, 5.74) is 1.63. The molecule has 1 aliphatic rings. The highest BCUT2D eigenvalue weighted by atomic mass is 16.5. The quantitative estimate of drug-likeness (QED) is 0.767. The zero-order valence-corrected chi connectivity index (χ0v) is 18.6. The number of hydrogen-bond donors (Lipinski definition) is 1. The fourth-order valence-electron chi connectivity index (χ4n) is 3.85. The van der Waals surface area contributed by atoms with Crippen LogP contribution in [0.5, 0.6) is 11.5 Å². The number of hydrogen-bond acceptors (Lipinski definition) is 4. The van der Waals surface area contributed by atoms with Crippen molar-refractivity contribution in [2.75, 3.05) is 39.2 Å². The molecule has 2 aromatic rings. The lowest BCUT2D eigenvalue weighted by molar-refractivity contribution is -0.133. The second-order valence-electron chi connectivity index (χ2n) is 8.01. The molecule has 0 saturated carbocycles. The van der Waals surface area contributed by atoms with Crippen molar-refractivity contribution in [3.05, 3.63) is 54.1 Å². The third-order valence-electron chi connectivity index (χ3n) is 5.63. The number of nitrogens with zero attached hydrogens (tertiary/aromatic N) is 2. The second-order valence-corrected chi connectivity index (χ2v) is 8.01. The van der Waals surface area contributed by atoms with Crippen LogP contribution in [0.3, 0.4) is 0 Å². The van der Waals surface area contributed by atoms with E-state index < -0.39 is 0 Å². The summed E-state index contributed by atoms with van der Waals surface area (Å²) in [6.07, 6.45) is 0.279. The zero-order chi connectivity index (χ0) is 22.4. The number of benzene rings is 2.